The summed E-state index contributed by atoms with van der Waals surface area (Å²) in [4.78, 5) is 12.9. The second-order valence-electron chi connectivity index (χ2n) is 6.75. The highest BCUT2D eigenvalue weighted by Gasteiger charge is 2.42. The van der Waals surface area contributed by atoms with Crippen LogP contribution in [0.2, 0.25) is 0 Å². The molecule has 5 nitrogen and oxygen atoms in total. The van der Waals surface area contributed by atoms with Gasteiger partial charge in [0.2, 0.25) is 0 Å². The molecule has 1 N–H and O–H groups in total. The van der Waals surface area contributed by atoms with Gasteiger partial charge in [-0.3, -0.25) is 4.79 Å². The molecule has 1 aromatic carbocycles. The Morgan fingerprint density at radius 2 is 2.24 bits per heavy atom. The molecule has 1 saturated carbocycles. The molecule has 136 valence electrons. The molecule has 0 bridgehead atoms. The molecule has 1 aliphatic rings. The van der Waals surface area contributed by atoms with E-state index in [-0.39, 0.29) is 5.91 Å². The summed E-state index contributed by atoms with van der Waals surface area (Å²) in [6.07, 6.45) is 4.46. The second-order valence-corrected chi connectivity index (χ2v) is 6.75. The van der Waals surface area contributed by atoms with Crippen molar-refractivity contribution in [2.75, 3.05) is 18.5 Å². The lowest BCUT2D eigenvalue weighted by atomic mass is 9.78. The van der Waals surface area contributed by atoms with Crippen LogP contribution in [0.1, 0.15) is 58.4 Å². The minimum Gasteiger partial charge on any atom is -0.492 e. The van der Waals surface area contributed by atoms with Crippen LogP contribution >= 0.6 is 0 Å². The Kier molecular flexibility index (Phi) is 6.83. The van der Waals surface area contributed by atoms with Crippen molar-refractivity contribution in [2.45, 2.75) is 58.5 Å². The minimum absolute atomic E-state index is 0.119. The van der Waals surface area contributed by atoms with Gasteiger partial charge in [-0.25, -0.2) is 0 Å². The van der Waals surface area contributed by atoms with Crippen LogP contribution < -0.4 is 10.1 Å². The van der Waals surface area contributed by atoms with E-state index in [1.54, 1.807) is 18.2 Å². The molecule has 1 amide bonds. The minimum atomic E-state index is -0.767. The number of nitrogens with zero attached hydrogens (tertiary/aromatic N) is 1. The molecule has 0 radical (unpaired) electrons. The summed E-state index contributed by atoms with van der Waals surface area (Å²) in [7, 11) is 0. The number of rotatable bonds is 7. The first-order chi connectivity index (χ1) is 12.0. The predicted octanol–water partition coefficient (Wildman–Crippen LogP) is 4.27. The first-order valence-corrected chi connectivity index (χ1v) is 9.17. The lowest BCUT2D eigenvalue weighted by Gasteiger charge is -2.38. The lowest BCUT2D eigenvalue weighted by Crippen LogP contribution is -2.48. The van der Waals surface area contributed by atoms with E-state index in [0.29, 0.717) is 36.1 Å². The Hall–Kier alpha value is -2.06. The summed E-state index contributed by atoms with van der Waals surface area (Å²) in [5.74, 6) is 0.894. The van der Waals surface area contributed by atoms with Crippen LogP contribution in [-0.2, 0) is 9.53 Å². The number of amides is 1. The highest BCUT2D eigenvalue weighted by Crippen LogP contribution is 2.36. The quantitative estimate of drug-likeness (QED) is 0.802. The summed E-state index contributed by atoms with van der Waals surface area (Å²) in [6, 6.07) is 7.30. The van der Waals surface area contributed by atoms with Gasteiger partial charge in [0.25, 0.3) is 5.91 Å². The smallest absolute Gasteiger partial charge is 0.256 e. The number of carbonyl (C=O) groups is 1. The molecule has 1 aliphatic carbocycles. The summed E-state index contributed by atoms with van der Waals surface area (Å²) < 4.78 is 11.5. The van der Waals surface area contributed by atoms with E-state index in [1.807, 2.05) is 13.8 Å². The van der Waals surface area contributed by atoms with Gasteiger partial charge in [-0.05, 0) is 56.7 Å². The summed E-state index contributed by atoms with van der Waals surface area (Å²) in [5, 5.41) is 12.3. The van der Waals surface area contributed by atoms with Crippen LogP contribution in [0.15, 0.2) is 18.2 Å². The van der Waals surface area contributed by atoms with E-state index in [9.17, 15) is 10.1 Å². The van der Waals surface area contributed by atoms with E-state index in [1.165, 1.54) is 0 Å². The Labute approximate surface area is 150 Å². The first-order valence-electron chi connectivity index (χ1n) is 9.17. The van der Waals surface area contributed by atoms with Gasteiger partial charge in [-0.1, -0.05) is 20.3 Å². The molecule has 0 aromatic heterocycles. The molecule has 0 heterocycles. The lowest BCUT2D eigenvalue weighted by molar-refractivity contribution is -0.147. The molecule has 0 spiro atoms. The number of carbonyl (C=O) groups excluding carboxylic acids is 1. The van der Waals surface area contributed by atoms with Gasteiger partial charge in [0.05, 0.1) is 12.2 Å². The topological polar surface area (TPSA) is 71.3 Å². The van der Waals surface area contributed by atoms with Crippen LogP contribution in [0, 0.1) is 17.2 Å². The molecule has 1 aromatic rings. The molecule has 1 fully saturated rings. The Morgan fingerprint density at radius 3 is 2.88 bits per heavy atom. The SMILES string of the molecule is CCCOc1ccc(NC(=O)C2(OCC)CCCC(C)C2)cc1C#N. The van der Waals surface area contributed by atoms with Gasteiger partial charge in [0.15, 0.2) is 0 Å². The van der Waals surface area contributed by atoms with Crippen molar-refractivity contribution in [1.29, 1.82) is 5.26 Å². The highest BCUT2D eigenvalue weighted by atomic mass is 16.5. The number of nitriles is 1. The normalized spacial score (nSPS) is 22.9. The fraction of sp³-hybridized carbons (Fsp3) is 0.600. The maximum atomic E-state index is 12.9. The summed E-state index contributed by atoms with van der Waals surface area (Å²) >= 11 is 0. The highest BCUT2D eigenvalue weighted by molar-refractivity contribution is 5.97. The fourth-order valence-corrected chi connectivity index (χ4v) is 3.46. The molecule has 5 heteroatoms. The number of nitrogens with one attached hydrogen (secondary N) is 1. The second kappa shape index (κ2) is 8.87. The van der Waals surface area contributed by atoms with Crippen LogP contribution in [-0.4, -0.2) is 24.7 Å². The van der Waals surface area contributed by atoms with Gasteiger partial charge >= 0.3 is 0 Å². The van der Waals surface area contributed by atoms with Gasteiger partial charge in [0, 0.05) is 12.3 Å². The predicted molar refractivity (Wildman–Crippen MR) is 97.6 cm³/mol. The van der Waals surface area contributed by atoms with Crippen molar-refractivity contribution in [1.82, 2.24) is 0 Å². The van der Waals surface area contributed by atoms with Crippen LogP contribution in [0.5, 0.6) is 5.75 Å². The van der Waals surface area contributed by atoms with Crippen molar-refractivity contribution < 1.29 is 14.3 Å². The average Bonchev–Trinajstić information content (AvgIpc) is 2.60. The Balaban J connectivity index is 2.16. The van der Waals surface area contributed by atoms with E-state index < -0.39 is 5.60 Å². The van der Waals surface area contributed by atoms with E-state index in [2.05, 4.69) is 18.3 Å². The number of ether oxygens (including phenoxy) is 2. The summed E-state index contributed by atoms with van der Waals surface area (Å²) in [6.45, 7) is 7.16. The van der Waals surface area contributed by atoms with E-state index in [4.69, 9.17) is 9.47 Å². The van der Waals surface area contributed by atoms with Gasteiger partial charge in [-0.15, -0.1) is 0 Å². The number of anilines is 1. The molecular weight excluding hydrogens is 316 g/mol. The zero-order valence-corrected chi connectivity index (χ0v) is 15.4. The summed E-state index contributed by atoms with van der Waals surface area (Å²) in [5.41, 5.74) is 0.257. The van der Waals surface area contributed by atoms with Crippen molar-refractivity contribution in [3.05, 3.63) is 23.8 Å². The third-order valence-corrected chi connectivity index (χ3v) is 4.61. The van der Waals surface area contributed by atoms with E-state index in [0.717, 1.165) is 32.1 Å². The zero-order chi connectivity index (χ0) is 18.3. The molecule has 2 unspecified atom stereocenters. The van der Waals surface area contributed by atoms with Crippen LogP contribution in [0.4, 0.5) is 5.69 Å². The van der Waals surface area contributed by atoms with Gasteiger partial charge in [-0.2, -0.15) is 5.26 Å². The number of hydrogen-bond acceptors (Lipinski definition) is 4. The van der Waals surface area contributed by atoms with Crippen molar-refractivity contribution in [2.24, 2.45) is 5.92 Å². The molecular formula is C20H28N2O3. The monoisotopic (exact) mass is 344 g/mol. The van der Waals surface area contributed by atoms with Crippen LogP contribution in [0.3, 0.4) is 0 Å². The maximum Gasteiger partial charge on any atom is 0.256 e. The van der Waals surface area contributed by atoms with Crippen LogP contribution in [0.25, 0.3) is 0 Å². The van der Waals surface area contributed by atoms with Gasteiger partial charge in [0.1, 0.15) is 17.4 Å². The number of benzene rings is 1. The maximum absolute atomic E-state index is 12.9. The van der Waals surface area contributed by atoms with Crippen molar-refractivity contribution >= 4 is 11.6 Å². The third-order valence-electron chi connectivity index (χ3n) is 4.61. The van der Waals surface area contributed by atoms with Crippen molar-refractivity contribution in [3.8, 4) is 11.8 Å². The molecule has 25 heavy (non-hydrogen) atoms. The average molecular weight is 344 g/mol. The molecule has 0 saturated heterocycles. The first kappa shape index (κ1) is 19.3. The fourth-order valence-electron chi connectivity index (χ4n) is 3.46. The molecule has 2 atom stereocenters. The largest absolute Gasteiger partial charge is 0.492 e. The van der Waals surface area contributed by atoms with Crippen molar-refractivity contribution in [3.63, 3.8) is 0 Å². The standard InChI is InChI=1S/C20H28N2O3/c1-4-11-24-18-9-8-17(12-16(18)14-21)22-19(23)20(25-5-2)10-6-7-15(3)13-20/h8-9,12,15H,4-7,10-11,13H2,1-3H3,(H,22,23). The zero-order valence-electron chi connectivity index (χ0n) is 15.4. The van der Waals surface area contributed by atoms with E-state index >= 15 is 0 Å². The Bertz CT molecular complexity index is 634. The van der Waals surface area contributed by atoms with Gasteiger partial charge < -0.3 is 14.8 Å². The molecule has 2 rings (SSSR count). The molecule has 0 aliphatic heterocycles. The Morgan fingerprint density at radius 1 is 1.44 bits per heavy atom. The third kappa shape index (κ3) is 4.73. The number of hydrogen-bond donors (Lipinski definition) is 1.